The molecule has 2 aliphatic rings. The predicted molar refractivity (Wildman–Crippen MR) is 107 cm³/mol. The summed E-state index contributed by atoms with van der Waals surface area (Å²) in [5, 5.41) is 6.55. The zero-order chi connectivity index (χ0) is 20.3. The van der Waals surface area contributed by atoms with Gasteiger partial charge in [0.2, 0.25) is 0 Å². The Bertz CT molecular complexity index is 913. The first-order valence-corrected chi connectivity index (χ1v) is 9.83. The van der Waals surface area contributed by atoms with Crippen LogP contribution in [0.2, 0.25) is 0 Å². The average molecular weight is 401 g/mol. The molecule has 154 valence electrons. The summed E-state index contributed by atoms with van der Waals surface area (Å²) in [6.45, 7) is 1.71. The molecule has 0 atom stereocenters. The van der Waals surface area contributed by atoms with Gasteiger partial charge in [0.25, 0.3) is 0 Å². The Labute approximate surface area is 169 Å². The van der Waals surface area contributed by atoms with Gasteiger partial charge >= 0.3 is 0 Å². The van der Waals surface area contributed by atoms with Crippen molar-refractivity contribution in [2.45, 2.75) is 31.3 Å². The number of guanidine groups is 1. The van der Waals surface area contributed by atoms with E-state index < -0.39 is 0 Å². The summed E-state index contributed by atoms with van der Waals surface area (Å²) in [7, 11) is 1.70. The molecule has 2 N–H and O–H groups in total. The van der Waals surface area contributed by atoms with Crippen molar-refractivity contribution in [1.29, 1.82) is 0 Å². The summed E-state index contributed by atoms with van der Waals surface area (Å²) < 4.78 is 38.8. The van der Waals surface area contributed by atoms with Gasteiger partial charge in [0.1, 0.15) is 17.4 Å². The van der Waals surface area contributed by atoms with Crippen molar-refractivity contribution in [3.63, 3.8) is 0 Å². The highest BCUT2D eigenvalue weighted by atomic mass is 19.1. The van der Waals surface area contributed by atoms with Crippen LogP contribution in [0.1, 0.15) is 29.5 Å². The van der Waals surface area contributed by atoms with Crippen molar-refractivity contribution < 1.29 is 18.3 Å². The van der Waals surface area contributed by atoms with E-state index in [0.29, 0.717) is 37.8 Å². The lowest BCUT2D eigenvalue weighted by Crippen LogP contribution is -2.42. The highest BCUT2D eigenvalue weighted by Gasteiger charge is 2.45. The molecular weight excluding hydrogens is 376 g/mol. The summed E-state index contributed by atoms with van der Waals surface area (Å²) in [6, 6.07) is 9.90. The number of rotatable bonds is 6. The Morgan fingerprint density at radius 2 is 2.00 bits per heavy atom. The molecular formula is C22H25F2N3O2. The van der Waals surface area contributed by atoms with Gasteiger partial charge in [0.15, 0.2) is 12.8 Å². The molecule has 0 aromatic heterocycles. The van der Waals surface area contributed by atoms with E-state index in [-0.39, 0.29) is 23.8 Å². The fraction of sp³-hybridized carbons (Fsp3) is 0.409. The van der Waals surface area contributed by atoms with Crippen LogP contribution in [0.5, 0.6) is 5.75 Å². The van der Waals surface area contributed by atoms with Crippen molar-refractivity contribution in [2.75, 3.05) is 26.9 Å². The molecule has 0 saturated heterocycles. The maximum Gasteiger partial charge on any atom is 0.191 e. The zero-order valence-corrected chi connectivity index (χ0v) is 16.4. The Morgan fingerprint density at radius 1 is 1.17 bits per heavy atom. The minimum Gasteiger partial charge on any atom is -0.467 e. The van der Waals surface area contributed by atoms with E-state index in [1.807, 2.05) is 12.1 Å². The molecule has 1 heterocycles. The second-order valence-corrected chi connectivity index (χ2v) is 7.53. The number of fused-ring (bicyclic) bond motifs is 1. The van der Waals surface area contributed by atoms with Crippen LogP contribution in [0.25, 0.3) is 0 Å². The monoisotopic (exact) mass is 401 g/mol. The molecule has 1 aliphatic carbocycles. The minimum atomic E-state index is -0.295. The maximum atomic E-state index is 14.2. The van der Waals surface area contributed by atoms with E-state index in [9.17, 15) is 8.78 Å². The number of nitrogens with one attached hydrogen (secondary N) is 2. The number of aliphatic imine (C=N–C) groups is 1. The topological polar surface area (TPSA) is 54.9 Å². The third-order valence-corrected chi connectivity index (χ3v) is 5.56. The second-order valence-electron chi connectivity index (χ2n) is 7.53. The molecule has 1 saturated carbocycles. The van der Waals surface area contributed by atoms with Gasteiger partial charge in [-0.05, 0) is 48.6 Å². The number of halogens is 2. The smallest absolute Gasteiger partial charge is 0.191 e. The van der Waals surface area contributed by atoms with Gasteiger partial charge in [-0.2, -0.15) is 0 Å². The normalized spacial score (nSPS) is 17.3. The number of hydrogen-bond acceptors (Lipinski definition) is 3. The van der Waals surface area contributed by atoms with Crippen LogP contribution < -0.4 is 15.4 Å². The van der Waals surface area contributed by atoms with Crippen LogP contribution in [0.3, 0.4) is 0 Å². The lowest BCUT2D eigenvalue weighted by Gasteiger charge is -2.22. The summed E-state index contributed by atoms with van der Waals surface area (Å²) in [4.78, 5) is 4.25. The fourth-order valence-electron chi connectivity index (χ4n) is 3.82. The molecule has 0 unspecified atom stereocenters. The third kappa shape index (κ3) is 4.34. The molecule has 29 heavy (non-hydrogen) atoms. The molecule has 0 bridgehead atoms. The van der Waals surface area contributed by atoms with Gasteiger partial charge in [0, 0.05) is 31.1 Å². The maximum absolute atomic E-state index is 14.2. The van der Waals surface area contributed by atoms with E-state index in [1.165, 1.54) is 18.2 Å². The summed E-state index contributed by atoms with van der Waals surface area (Å²) in [5.74, 6) is 0.895. The van der Waals surface area contributed by atoms with E-state index >= 15 is 0 Å². The minimum absolute atomic E-state index is 0.158. The Balaban J connectivity index is 1.33. The van der Waals surface area contributed by atoms with Gasteiger partial charge in [-0.1, -0.05) is 18.2 Å². The van der Waals surface area contributed by atoms with Gasteiger partial charge in [0.05, 0.1) is 6.61 Å². The Kier molecular flexibility index (Phi) is 5.67. The lowest BCUT2D eigenvalue weighted by molar-refractivity contribution is -0.0172. The number of benzene rings is 2. The number of nitrogens with zero attached hydrogens (tertiary/aromatic N) is 1. The van der Waals surface area contributed by atoms with Crippen molar-refractivity contribution in [3.8, 4) is 5.75 Å². The van der Waals surface area contributed by atoms with E-state index in [0.717, 1.165) is 29.5 Å². The van der Waals surface area contributed by atoms with Crippen molar-refractivity contribution >= 4 is 5.96 Å². The molecule has 0 spiro atoms. The van der Waals surface area contributed by atoms with Gasteiger partial charge in [-0.3, -0.25) is 4.99 Å². The highest BCUT2D eigenvalue weighted by molar-refractivity contribution is 5.79. The van der Waals surface area contributed by atoms with E-state index in [2.05, 4.69) is 15.6 Å². The summed E-state index contributed by atoms with van der Waals surface area (Å²) in [5.41, 5.74) is 2.12. The van der Waals surface area contributed by atoms with Crippen LogP contribution >= 0.6 is 0 Å². The van der Waals surface area contributed by atoms with Crippen molar-refractivity contribution in [2.24, 2.45) is 4.99 Å². The zero-order valence-electron chi connectivity index (χ0n) is 16.4. The first-order valence-electron chi connectivity index (χ1n) is 9.83. The van der Waals surface area contributed by atoms with Gasteiger partial charge in [-0.25, -0.2) is 8.78 Å². The van der Waals surface area contributed by atoms with Crippen LogP contribution in [0.4, 0.5) is 8.78 Å². The molecule has 1 fully saturated rings. The largest absolute Gasteiger partial charge is 0.467 e. The fourth-order valence-corrected chi connectivity index (χ4v) is 3.82. The molecule has 7 heteroatoms. The molecule has 1 aliphatic heterocycles. The molecule has 4 rings (SSSR count). The highest BCUT2D eigenvalue weighted by Crippen LogP contribution is 2.48. The molecule has 5 nitrogen and oxygen atoms in total. The summed E-state index contributed by atoms with van der Waals surface area (Å²) in [6.07, 6.45) is 2.48. The number of ether oxygens (including phenoxy) is 2. The third-order valence-electron chi connectivity index (χ3n) is 5.56. The molecule has 0 amide bonds. The van der Waals surface area contributed by atoms with E-state index in [1.54, 1.807) is 13.1 Å². The predicted octanol–water partition coefficient (Wildman–Crippen LogP) is 3.27. The molecule has 2 aromatic carbocycles. The SMILES string of the molecule is CN=C(NCCc1cc(F)cc2c1OCOC2)NCC1(c2ccccc2F)CC1. The van der Waals surface area contributed by atoms with Crippen LogP contribution in [-0.4, -0.2) is 32.9 Å². The Hall–Kier alpha value is -2.67. The van der Waals surface area contributed by atoms with Crippen molar-refractivity contribution in [1.82, 2.24) is 10.6 Å². The first kappa shape index (κ1) is 19.6. The van der Waals surface area contributed by atoms with Gasteiger partial charge in [-0.15, -0.1) is 0 Å². The lowest BCUT2D eigenvalue weighted by atomic mass is 9.95. The average Bonchev–Trinajstić information content (AvgIpc) is 3.51. The van der Waals surface area contributed by atoms with Crippen LogP contribution in [0, 0.1) is 11.6 Å². The van der Waals surface area contributed by atoms with Crippen LogP contribution in [0.15, 0.2) is 41.4 Å². The van der Waals surface area contributed by atoms with Gasteiger partial charge < -0.3 is 20.1 Å². The summed E-state index contributed by atoms with van der Waals surface area (Å²) >= 11 is 0. The Morgan fingerprint density at radius 3 is 2.76 bits per heavy atom. The van der Waals surface area contributed by atoms with Crippen LogP contribution in [-0.2, 0) is 23.2 Å². The van der Waals surface area contributed by atoms with E-state index in [4.69, 9.17) is 9.47 Å². The quantitative estimate of drug-likeness (QED) is 0.576. The number of hydrogen-bond donors (Lipinski definition) is 2. The second kappa shape index (κ2) is 8.37. The first-order chi connectivity index (χ1) is 14.1. The molecule has 2 aromatic rings. The molecule has 0 radical (unpaired) electrons. The standard InChI is InChI=1S/C22H25F2N3O2/c1-25-21(27-13-22(7-8-22)18-4-2-3-5-19(18)24)26-9-6-15-10-17(23)11-16-12-28-14-29-20(15)16/h2-5,10-11H,6-9,12-14H2,1H3,(H2,25,26,27). The van der Waals surface area contributed by atoms with Crippen molar-refractivity contribution in [3.05, 3.63) is 64.7 Å².